The van der Waals surface area contributed by atoms with E-state index < -0.39 is 0 Å². The summed E-state index contributed by atoms with van der Waals surface area (Å²) in [6, 6.07) is 0. The summed E-state index contributed by atoms with van der Waals surface area (Å²) in [5, 5.41) is 2.86. The molecule has 1 aliphatic heterocycles. The molecule has 0 aromatic carbocycles. The highest BCUT2D eigenvalue weighted by Crippen LogP contribution is 2.34. The Morgan fingerprint density at radius 1 is 1.43 bits per heavy atom. The zero-order valence-corrected chi connectivity index (χ0v) is 8.59. The molecule has 0 aromatic heterocycles. The predicted molar refractivity (Wildman–Crippen MR) is 54.8 cm³/mol. The fourth-order valence-corrected chi connectivity index (χ4v) is 2.73. The fourth-order valence-electron chi connectivity index (χ4n) is 2.73. The van der Waals surface area contributed by atoms with Crippen molar-refractivity contribution in [3.8, 4) is 0 Å². The van der Waals surface area contributed by atoms with Crippen LogP contribution in [0.15, 0.2) is 0 Å². The molecule has 1 heterocycles. The topological polar surface area (TPSA) is 58.4 Å². The van der Waals surface area contributed by atoms with Crippen LogP contribution in [-0.2, 0) is 4.79 Å². The smallest absolute Gasteiger partial charge is 0.234 e. The van der Waals surface area contributed by atoms with Crippen molar-refractivity contribution in [3.63, 3.8) is 0 Å². The van der Waals surface area contributed by atoms with Crippen molar-refractivity contribution in [3.05, 3.63) is 0 Å². The number of hydrogen-bond acceptors (Lipinski definition) is 3. The van der Waals surface area contributed by atoms with Crippen molar-refractivity contribution in [1.29, 1.82) is 0 Å². The Kier molecular flexibility index (Phi) is 2.74. The molecule has 1 amide bonds. The highest BCUT2D eigenvalue weighted by molar-refractivity contribution is 5.78. The van der Waals surface area contributed by atoms with E-state index in [1.807, 2.05) is 0 Å². The van der Waals surface area contributed by atoms with E-state index in [4.69, 9.17) is 5.73 Å². The molecule has 4 nitrogen and oxygen atoms in total. The van der Waals surface area contributed by atoms with Gasteiger partial charge in [0.05, 0.1) is 6.54 Å². The van der Waals surface area contributed by atoms with Gasteiger partial charge < -0.3 is 11.1 Å². The van der Waals surface area contributed by atoms with Crippen LogP contribution in [0.5, 0.6) is 0 Å². The predicted octanol–water partition coefficient (Wildman–Crippen LogP) is -0.310. The Bertz CT molecular complexity index is 223. The lowest BCUT2D eigenvalue weighted by Crippen LogP contribution is -2.60. The minimum Gasteiger partial charge on any atom is -0.354 e. The summed E-state index contributed by atoms with van der Waals surface area (Å²) in [5.41, 5.74) is 6.01. The molecule has 0 atom stereocenters. The average Bonchev–Trinajstić information content (AvgIpc) is 2.67. The van der Waals surface area contributed by atoms with Crippen LogP contribution in [0, 0.1) is 0 Å². The van der Waals surface area contributed by atoms with Gasteiger partial charge in [-0.3, -0.25) is 9.69 Å². The summed E-state index contributed by atoms with van der Waals surface area (Å²) >= 11 is 0. The Labute approximate surface area is 84.8 Å². The van der Waals surface area contributed by atoms with Crippen LogP contribution in [0.25, 0.3) is 0 Å². The number of carbonyl (C=O) groups excluding carboxylic acids is 1. The molecule has 0 bridgehead atoms. The van der Waals surface area contributed by atoms with Gasteiger partial charge in [0.15, 0.2) is 0 Å². The highest BCUT2D eigenvalue weighted by atomic mass is 16.2. The molecule has 1 aliphatic carbocycles. The summed E-state index contributed by atoms with van der Waals surface area (Å²) in [6.07, 6.45) is 4.85. The van der Waals surface area contributed by atoms with Gasteiger partial charge in [0.2, 0.25) is 5.91 Å². The van der Waals surface area contributed by atoms with Gasteiger partial charge in [-0.05, 0) is 12.8 Å². The maximum Gasteiger partial charge on any atom is 0.234 e. The number of nitrogens with two attached hydrogens (primary N) is 1. The molecule has 0 spiro atoms. The maximum atomic E-state index is 11.3. The Morgan fingerprint density at radius 2 is 2.14 bits per heavy atom. The summed E-state index contributed by atoms with van der Waals surface area (Å²) in [4.78, 5) is 13.6. The van der Waals surface area contributed by atoms with Crippen molar-refractivity contribution >= 4 is 5.91 Å². The van der Waals surface area contributed by atoms with E-state index in [9.17, 15) is 4.79 Å². The molecule has 2 aliphatic rings. The molecular weight excluding hydrogens is 178 g/mol. The molecule has 1 saturated carbocycles. The molecule has 2 rings (SSSR count). The molecule has 14 heavy (non-hydrogen) atoms. The van der Waals surface area contributed by atoms with Crippen LogP contribution < -0.4 is 11.1 Å². The van der Waals surface area contributed by atoms with Gasteiger partial charge in [-0.25, -0.2) is 0 Å². The standard InChI is InChI=1S/C10H19N3O/c11-8-10(3-1-2-4-10)13-6-5-12-9(14)7-13/h1-8,11H2,(H,12,14). The van der Waals surface area contributed by atoms with Crippen LogP contribution in [0.4, 0.5) is 0 Å². The van der Waals surface area contributed by atoms with E-state index in [-0.39, 0.29) is 11.4 Å². The van der Waals surface area contributed by atoms with E-state index in [0.29, 0.717) is 13.1 Å². The van der Waals surface area contributed by atoms with Crippen LogP contribution in [0.1, 0.15) is 25.7 Å². The molecule has 3 N–H and O–H groups in total. The normalized spacial score (nSPS) is 27.6. The molecule has 1 saturated heterocycles. The quantitative estimate of drug-likeness (QED) is 0.638. The van der Waals surface area contributed by atoms with Gasteiger partial charge in [0.25, 0.3) is 0 Å². The van der Waals surface area contributed by atoms with Crippen molar-refractivity contribution in [2.24, 2.45) is 5.73 Å². The second-order valence-electron chi connectivity index (χ2n) is 4.41. The van der Waals surface area contributed by atoms with Crippen molar-refractivity contribution < 1.29 is 4.79 Å². The van der Waals surface area contributed by atoms with Gasteiger partial charge >= 0.3 is 0 Å². The van der Waals surface area contributed by atoms with Crippen molar-refractivity contribution in [2.45, 2.75) is 31.2 Å². The second-order valence-corrected chi connectivity index (χ2v) is 4.41. The zero-order valence-electron chi connectivity index (χ0n) is 8.59. The lowest BCUT2D eigenvalue weighted by atomic mass is 9.94. The highest BCUT2D eigenvalue weighted by Gasteiger charge is 2.39. The Morgan fingerprint density at radius 3 is 2.71 bits per heavy atom. The van der Waals surface area contributed by atoms with Gasteiger partial charge in [-0.15, -0.1) is 0 Å². The van der Waals surface area contributed by atoms with E-state index in [1.165, 1.54) is 12.8 Å². The lowest BCUT2D eigenvalue weighted by molar-refractivity contribution is -0.126. The number of amides is 1. The van der Waals surface area contributed by atoms with Gasteiger partial charge in [-0.1, -0.05) is 12.8 Å². The summed E-state index contributed by atoms with van der Waals surface area (Å²) in [5.74, 6) is 0.149. The Hall–Kier alpha value is -0.610. The monoisotopic (exact) mass is 197 g/mol. The van der Waals surface area contributed by atoms with Crippen molar-refractivity contribution in [2.75, 3.05) is 26.2 Å². The first-order valence-corrected chi connectivity index (χ1v) is 5.49. The van der Waals surface area contributed by atoms with Gasteiger partial charge in [0.1, 0.15) is 0 Å². The number of piperazine rings is 1. The SMILES string of the molecule is NCC1(N2CCNC(=O)C2)CCCC1. The van der Waals surface area contributed by atoms with Crippen LogP contribution in [0.3, 0.4) is 0 Å². The van der Waals surface area contributed by atoms with E-state index in [0.717, 1.165) is 25.9 Å². The fraction of sp³-hybridized carbons (Fsp3) is 0.900. The third kappa shape index (κ3) is 1.64. The van der Waals surface area contributed by atoms with E-state index in [1.54, 1.807) is 0 Å². The van der Waals surface area contributed by atoms with E-state index in [2.05, 4.69) is 10.2 Å². The molecule has 0 radical (unpaired) electrons. The number of rotatable bonds is 2. The molecule has 4 heteroatoms. The summed E-state index contributed by atoms with van der Waals surface area (Å²) in [6.45, 7) is 2.97. The first-order chi connectivity index (χ1) is 6.77. The average molecular weight is 197 g/mol. The third-order valence-electron chi connectivity index (χ3n) is 3.62. The molecular formula is C10H19N3O. The first-order valence-electron chi connectivity index (χ1n) is 5.49. The molecule has 2 fully saturated rings. The number of nitrogens with one attached hydrogen (secondary N) is 1. The molecule has 0 aromatic rings. The minimum atomic E-state index is 0.137. The Balaban J connectivity index is 2.06. The number of nitrogens with zero attached hydrogens (tertiary/aromatic N) is 1. The summed E-state index contributed by atoms with van der Waals surface area (Å²) in [7, 11) is 0. The van der Waals surface area contributed by atoms with Crippen LogP contribution in [-0.4, -0.2) is 42.5 Å². The van der Waals surface area contributed by atoms with Gasteiger partial charge in [-0.2, -0.15) is 0 Å². The molecule has 0 unspecified atom stereocenters. The van der Waals surface area contributed by atoms with Gasteiger partial charge in [0, 0.05) is 25.2 Å². The number of carbonyl (C=O) groups is 1. The minimum absolute atomic E-state index is 0.137. The lowest BCUT2D eigenvalue weighted by Gasteiger charge is -2.42. The largest absolute Gasteiger partial charge is 0.354 e. The third-order valence-corrected chi connectivity index (χ3v) is 3.62. The summed E-state index contributed by atoms with van der Waals surface area (Å²) < 4.78 is 0. The molecule has 80 valence electrons. The number of hydrogen-bond donors (Lipinski definition) is 2. The first kappa shape index (κ1) is 9.93. The second kappa shape index (κ2) is 3.87. The van der Waals surface area contributed by atoms with Crippen molar-refractivity contribution in [1.82, 2.24) is 10.2 Å². The zero-order chi connectivity index (χ0) is 10.0. The maximum absolute atomic E-state index is 11.3. The van der Waals surface area contributed by atoms with Crippen LogP contribution in [0.2, 0.25) is 0 Å². The van der Waals surface area contributed by atoms with Crippen LogP contribution >= 0.6 is 0 Å². The van der Waals surface area contributed by atoms with E-state index >= 15 is 0 Å².